The number of fused-ring (bicyclic) bond motifs is 3. The van der Waals surface area contributed by atoms with Crippen LogP contribution in [0, 0.1) is 0 Å². The van der Waals surface area contributed by atoms with E-state index in [0.29, 0.717) is 0 Å². The van der Waals surface area contributed by atoms with Gasteiger partial charge in [0.1, 0.15) is 0 Å². The third-order valence-electron chi connectivity index (χ3n) is 2.59. The Morgan fingerprint density at radius 2 is 2.18 bits per heavy atom. The molecular formula is C13H10N2OS. The van der Waals surface area contributed by atoms with Crippen molar-refractivity contribution in [1.29, 1.82) is 0 Å². The monoisotopic (exact) mass is 242 g/mol. The Kier molecular flexibility index (Phi) is 2.30. The van der Waals surface area contributed by atoms with E-state index in [2.05, 4.69) is 4.98 Å². The molecule has 0 saturated heterocycles. The van der Waals surface area contributed by atoms with Crippen molar-refractivity contribution in [2.75, 3.05) is 0 Å². The molecule has 2 heterocycles. The average molecular weight is 242 g/mol. The zero-order valence-electron chi connectivity index (χ0n) is 9.25. The molecule has 3 nitrogen and oxygen atoms in total. The summed E-state index contributed by atoms with van der Waals surface area (Å²) in [6.07, 6.45) is 5.60. The van der Waals surface area contributed by atoms with Gasteiger partial charge >= 0.3 is 0 Å². The van der Waals surface area contributed by atoms with Crippen molar-refractivity contribution in [2.45, 2.75) is 6.92 Å². The maximum absolute atomic E-state index is 12.2. The van der Waals surface area contributed by atoms with Crippen LogP contribution in [0.4, 0.5) is 0 Å². The number of hydrogen-bond donors (Lipinski definition) is 0. The lowest BCUT2D eigenvalue weighted by Crippen LogP contribution is -2.22. The van der Waals surface area contributed by atoms with E-state index in [9.17, 15) is 4.79 Å². The molecule has 0 bridgehead atoms. The number of hydrogen-bond acceptors (Lipinski definition) is 3. The van der Waals surface area contributed by atoms with E-state index in [-0.39, 0.29) is 5.56 Å². The predicted octanol–water partition coefficient (Wildman–Crippen LogP) is 1.98. The van der Waals surface area contributed by atoms with Crippen LogP contribution in [0.15, 0.2) is 41.2 Å². The number of nitrogens with zero attached hydrogens (tertiary/aromatic N) is 2. The molecule has 17 heavy (non-hydrogen) atoms. The minimum absolute atomic E-state index is 0.0109. The fourth-order valence-electron chi connectivity index (χ4n) is 1.81. The number of para-hydroxylation sites is 2. The molecule has 1 aromatic carbocycles. The van der Waals surface area contributed by atoms with Gasteiger partial charge in [-0.05, 0) is 25.1 Å². The second kappa shape index (κ2) is 3.82. The van der Waals surface area contributed by atoms with Crippen molar-refractivity contribution >= 4 is 33.4 Å². The standard InChI is InChI=1S/C13H10N2OS/c1-2-3-8-11-12(16)15-10-7-5-4-6-9(10)14-13(15)17-11/h2-8H,1H3/b3-2+,11-8-. The van der Waals surface area contributed by atoms with Crippen molar-refractivity contribution in [3.8, 4) is 0 Å². The van der Waals surface area contributed by atoms with E-state index in [1.54, 1.807) is 4.40 Å². The molecular weight excluding hydrogens is 232 g/mol. The van der Waals surface area contributed by atoms with Crippen LogP contribution in [0.25, 0.3) is 22.1 Å². The lowest BCUT2D eigenvalue weighted by molar-refractivity contribution is 1.19. The van der Waals surface area contributed by atoms with Gasteiger partial charge in [-0.1, -0.05) is 35.6 Å². The summed E-state index contributed by atoms with van der Waals surface area (Å²) in [5.74, 6) is 0. The quantitative estimate of drug-likeness (QED) is 0.654. The van der Waals surface area contributed by atoms with Crippen LogP contribution in [-0.2, 0) is 0 Å². The van der Waals surface area contributed by atoms with Crippen molar-refractivity contribution < 1.29 is 0 Å². The first kappa shape index (κ1) is 10.2. The number of allylic oxidation sites excluding steroid dienone is 2. The van der Waals surface area contributed by atoms with Crippen LogP contribution in [-0.4, -0.2) is 9.38 Å². The molecule has 0 spiro atoms. The number of benzene rings is 1. The van der Waals surface area contributed by atoms with Crippen LogP contribution in [0.3, 0.4) is 0 Å². The molecule has 3 rings (SSSR count). The van der Waals surface area contributed by atoms with Gasteiger partial charge < -0.3 is 0 Å². The number of rotatable bonds is 1. The van der Waals surface area contributed by atoms with Crippen molar-refractivity contribution in [3.63, 3.8) is 0 Å². The van der Waals surface area contributed by atoms with Crippen LogP contribution < -0.4 is 10.1 Å². The first-order valence-corrected chi connectivity index (χ1v) is 6.16. The number of imidazole rings is 1. The van der Waals surface area contributed by atoms with Crippen LogP contribution in [0.2, 0.25) is 0 Å². The minimum Gasteiger partial charge on any atom is -0.267 e. The Balaban J connectivity index is 2.48. The highest BCUT2D eigenvalue weighted by Crippen LogP contribution is 2.15. The fourth-order valence-corrected chi connectivity index (χ4v) is 2.75. The minimum atomic E-state index is 0.0109. The van der Waals surface area contributed by atoms with Gasteiger partial charge in [0.25, 0.3) is 5.56 Å². The van der Waals surface area contributed by atoms with E-state index in [4.69, 9.17) is 0 Å². The topological polar surface area (TPSA) is 34.4 Å². The summed E-state index contributed by atoms with van der Waals surface area (Å²) in [6, 6.07) is 7.69. The molecule has 0 atom stereocenters. The molecule has 0 radical (unpaired) electrons. The van der Waals surface area contributed by atoms with E-state index in [1.165, 1.54) is 11.3 Å². The molecule has 0 aliphatic heterocycles. The van der Waals surface area contributed by atoms with Gasteiger partial charge in [-0.25, -0.2) is 9.38 Å². The van der Waals surface area contributed by atoms with Crippen molar-refractivity contribution in [3.05, 3.63) is 51.3 Å². The second-order valence-corrected chi connectivity index (χ2v) is 4.69. The zero-order chi connectivity index (χ0) is 11.8. The zero-order valence-corrected chi connectivity index (χ0v) is 10.1. The Morgan fingerprint density at radius 3 is 3.00 bits per heavy atom. The molecule has 2 aromatic heterocycles. The van der Waals surface area contributed by atoms with Crippen LogP contribution in [0.1, 0.15) is 6.92 Å². The van der Waals surface area contributed by atoms with E-state index in [1.807, 2.05) is 49.4 Å². The lowest BCUT2D eigenvalue weighted by Gasteiger charge is -1.86. The molecule has 84 valence electrons. The fraction of sp³-hybridized carbons (Fsp3) is 0.0769. The molecule has 3 aromatic rings. The predicted molar refractivity (Wildman–Crippen MR) is 71.3 cm³/mol. The highest BCUT2D eigenvalue weighted by molar-refractivity contribution is 7.15. The summed E-state index contributed by atoms with van der Waals surface area (Å²) in [7, 11) is 0. The van der Waals surface area contributed by atoms with Crippen molar-refractivity contribution in [1.82, 2.24) is 9.38 Å². The molecule has 0 fully saturated rings. The van der Waals surface area contributed by atoms with E-state index < -0.39 is 0 Å². The molecule has 0 N–H and O–H groups in total. The molecule has 4 heteroatoms. The molecule has 0 unspecified atom stereocenters. The smallest absolute Gasteiger partial charge is 0.267 e. The van der Waals surface area contributed by atoms with Gasteiger partial charge in [-0.3, -0.25) is 4.79 Å². The normalized spacial score (nSPS) is 13.4. The second-order valence-electron chi connectivity index (χ2n) is 3.68. The van der Waals surface area contributed by atoms with Crippen LogP contribution in [0.5, 0.6) is 0 Å². The third-order valence-corrected chi connectivity index (χ3v) is 3.57. The summed E-state index contributed by atoms with van der Waals surface area (Å²) in [4.78, 5) is 17.4. The molecule has 0 aliphatic rings. The maximum atomic E-state index is 12.2. The van der Waals surface area contributed by atoms with E-state index >= 15 is 0 Å². The highest BCUT2D eigenvalue weighted by Gasteiger charge is 2.09. The largest absolute Gasteiger partial charge is 0.274 e. The number of thiazole rings is 1. The Morgan fingerprint density at radius 1 is 1.35 bits per heavy atom. The SMILES string of the molecule is C/C=C/C=c1\sc2nc3ccccc3n2c1=O. The summed E-state index contributed by atoms with van der Waals surface area (Å²) in [5, 5.41) is 0. The molecule has 0 aliphatic carbocycles. The van der Waals surface area contributed by atoms with Gasteiger partial charge in [0, 0.05) is 0 Å². The summed E-state index contributed by atoms with van der Waals surface area (Å²) in [5.41, 5.74) is 1.76. The maximum Gasteiger partial charge on any atom is 0.274 e. The van der Waals surface area contributed by atoms with Crippen molar-refractivity contribution in [2.24, 2.45) is 0 Å². The summed E-state index contributed by atoms with van der Waals surface area (Å²) in [6.45, 7) is 1.93. The first-order chi connectivity index (χ1) is 8.31. The Labute approximate surface area is 101 Å². The van der Waals surface area contributed by atoms with E-state index in [0.717, 1.165) is 20.5 Å². The summed E-state index contributed by atoms with van der Waals surface area (Å²) >= 11 is 1.42. The van der Waals surface area contributed by atoms with Crippen LogP contribution >= 0.6 is 11.3 Å². The molecule has 0 saturated carbocycles. The Hall–Kier alpha value is -1.94. The Bertz CT molecular complexity index is 826. The van der Waals surface area contributed by atoms with Gasteiger partial charge in [-0.2, -0.15) is 0 Å². The average Bonchev–Trinajstić information content (AvgIpc) is 2.84. The molecule has 0 amide bonds. The lowest BCUT2D eigenvalue weighted by atomic mass is 10.3. The summed E-state index contributed by atoms with van der Waals surface area (Å²) < 4.78 is 2.39. The van der Waals surface area contributed by atoms with Gasteiger partial charge in [0.15, 0.2) is 4.96 Å². The number of aromatic nitrogens is 2. The van der Waals surface area contributed by atoms with Gasteiger partial charge in [-0.15, -0.1) is 0 Å². The van der Waals surface area contributed by atoms with Gasteiger partial charge in [0.05, 0.1) is 15.6 Å². The first-order valence-electron chi connectivity index (χ1n) is 5.34. The highest BCUT2D eigenvalue weighted by atomic mass is 32.1. The third kappa shape index (κ3) is 1.49. The van der Waals surface area contributed by atoms with Gasteiger partial charge in [0.2, 0.25) is 0 Å².